The monoisotopic (exact) mass is 240 g/mol. The molecule has 0 fully saturated rings. The number of allylic oxidation sites excluding steroid dienone is 1. The minimum Gasteiger partial charge on any atom is -0.377 e. The van der Waals surface area contributed by atoms with E-state index in [9.17, 15) is 0 Å². The van der Waals surface area contributed by atoms with Gasteiger partial charge >= 0.3 is 0 Å². The molecule has 0 aromatic heterocycles. The maximum atomic E-state index is 5.87. The number of rotatable bonds is 11. The molecule has 1 nitrogen and oxygen atoms in total. The van der Waals surface area contributed by atoms with Gasteiger partial charge in [0.1, 0.15) is 0 Å². The Balaban J connectivity index is 3.77. The number of unbranched alkanes of at least 4 members (excludes halogenated alkanes) is 2. The van der Waals surface area contributed by atoms with Gasteiger partial charge in [-0.05, 0) is 30.8 Å². The summed E-state index contributed by atoms with van der Waals surface area (Å²) in [4.78, 5) is 0. The van der Waals surface area contributed by atoms with Crippen molar-refractivity contribution < 1.29 is 4.74 Å². The molecule has 0 aromatic carbocycles. The Morgan fingerprint density at radius 2 is 1.88 bits per heavy atom. The minimum atomic E-state index is 0.763. The molecule has 0 rings (SSSR count). The van der Waals surface area contributed by atoms with Crippen LogP contribution in [0.1, 0.15) is 72.6 Å². The topological polar surface area (TPSA) is 9.23 Å². The zero-order chi connectivity index (χ0) is 12.9. The van der Waals surface area contributed by atoms with E-state index in [0.717, 1.165) is 25.6 Å². The van der Waals surface area contributed by atoms with Crippen LogP contribution in [0.4, 0.5) is 0 Å². The van der Waals surface area contributed by atoms with Gasteiger partial charge in [-0.3, -0.25) is 0 Å². The first-order chi connectivity index (χ1) is 8.28. The quantitative estimate of drug-likeness (QED) is 0.442. The highest BCUT2D eigenvalue weighted by atomic mass is 16.5. The average Bonchev–Trinajstić information content (AvgIpc) is 2.37. The molecule has 1 heteroatoms. The van der Waals surface area contributed by atoms with Crippen LogP contribution in [0.5, 0.6) is 0 Å². The molecule has 102 valence electrons. The maximum Gasteiger partial charge on any atom is 0.0676 e. The van der Waals surface area contributed by atoms with Gasteiger partial charge in [-0.25, -0.2) is 0 Å². The average molecular weight is 240 g/mol. The van der Waals surface area contributed by atoms with Gasteiger partial charge in [-0.15, -0.1) is 0 Å². The first kappa shape index (κ1) is 16.7. The Labute approximate surface area is 109 Å². The Hall–Kier alpha value is -0.300. The molecule has 0 aliphatic heterocycles. The second kappa shape index (κ2) is 12.2. The SMILES string of the molecule is CCCC=C(CC)COCC(CC)CCCC. The molecule has 0 N–H and O–H groups in total. The van der Waals surface area contributed by atoms with Crippen LogP contribution in [0, 0.1) is 5.92 Å². The van der Waals surface area contributed by atoms with Gasteiger partial charge in [-0.1, -0.05) is 59.5 Å². The van der Waals surface area contributed by atoms with Crippen molar-refractivity contribution in [1.29, 1.82) is 0 Å². The lowest BCUT2D eigenvalue weighted by molar-refractivity contribution is 0.110. The summed E-state index contributed by atoms with van der Waals surface area (Å²) in [5.74, 6) is 0.763. The molecule has 0 saturated carbocycles. The molecule has 1 atom stereocenters. The van der Waals surface area contributed by atoms with Crippen LogP contribution in [0.25, 0.3) is 0 Å². The lowest BCUT2D eigenvalue weighted by atomic mass is 10.0. The van der Waals surface area contributed by atoms with E-state index in [0.29, 0.717) is 0 Å². The normalized spacial score (nSPS) is 14.0. The lowest BCUT2D eigenvalue weighted by Gasteiger charge is -2.15. The van der Waals surface area contributed by atoms with Gasteiger partial charge in [0.25, 0.3) is 0 Å². The van der Waals surface area contributed by atoms with Crippen LogP contribution in [0.15, 0.2) is 11.6 Å². The van der Waals surface area contributed by atoms with E-state index < -0.39 is 0 Å². The summed E-state index contributed by atoms with van der Waals surface area (Å²) in [6, 6.07) is 0. The van der Waals surface area contributed by atoms with E-state index >= 15 is 0 Å². The minimum absolute atomic E-state index is 0.763. The van der Waals surface area contributed by atoms with E-state index in [1.54, 1.807) is 0 Å². The molecule has 0 aliphatic carbocycles. The van der Waals surface area contributed by atoms with Crippen LogP contribution in [0.3, 0.4) is 0 Å². The van der Waals surface area contributed by atoms with Crippen LogP contribution < -0.4 is 0 Å². The van der Waals surface area contributed by atoms with Gasteiger partial charge in [0, 0.05) is 6.61 Å². The van der Waals surface area contributed by atoms with Crippen molar-refractivity contribution in [2.75, 3.05) is 13.2 Å². The molecular weight excluding hydrogens is 208 g/mol. The fourth-order valence-electron chi connectivity index (χ4n) is 1.91. The predicted octanol–water partition coefficient (Wildman–Crippen LogP) is 5.36. The molecule has 1 unspecified atom stereocenters. The van der Waals surface area contributed by atoms with Gasteiger partial charge in [0.15, 0.2) is 0 Å². The highest BCUT2D eigenvalue weighted by Gasteiger charge is 2.06. The molecule has 0 saturated heterocycles. The Bertz CT molecular complexity index is 184. The summed E-state index contributed by atoms with van der Waals surface area (Å²) in [7, 11) is 0. The lowest BCUT2D eigenvalue weighted by Crippen LogP contribution is -2.10. The smallest absolute Gasteiger partial charge is 0.0676 e. The molecule has 0 heterocycles. The first-order valence-electron chi connectivity index (χ1n) is 7.53. The molecule has 0 amide bonds. The zero-order valence-corrected chi connectivity index (χ0v) is 12.4. The Morgan fingerprint density at radius 3 is 2.41 bits per heavy atom. The van der Waals surface area contributed by atoms with Crippen LogP contribution in [-0.4, -0.2) is 13.2 Å². The predicted molar refractivity (Wildman–Crippen MR) is 77.4 cm³/mol. The number of hydrogen-bond acceptors (Lipinski definition) is 1. The van der Waals surface area contributed by atoms with Gasteiger partial charge < -0.3 is 4.74 Å². The van der Waals surface area contributed by atoms with Crippen molar-refractivity contribution in [1.82, 2.24) is 0 Å². The van der Waals surface area contributed by atoms with Crippen molar-refractivity contribution in [3.05, 3.63) is 11.6 Å². The Kier molecular flexibility index (Phi) is 12.0. The molecule has 0 aliphatic rings. The molecule has 0 spiro atoms. The molecule has 17 heavy (non-hydrogen) atoms. The fraction of sp³-hybridized carbons (Fsp3) is 0.875. The highest BCUT2D eigenvalue weighted by Crippen LogP contribution is 2.14. The largest absolute Gasteiger partial charge is 0.377 e. The van der Waals surface area contributed by atoms with Crippen molar-refractivity contribution in [3.63, 3.8) is 0 Å². The van der Waals surface area contributed by atoms with Crippen molar-refractivity contribution in [2.45, 2.75) is 72.6 Å². The zero-order valence-electron chi connectivity index (χ0n) is 12.4. The summed E-state index contributed by atoms with van der Waals surface area (Å²) in [5.41, 5.74) is 1.47. The van der Waals surface area contributed by atoms with Gasteiger partial charge in [0.05, 0.1) is 6.61 Å². The number of hydrogen-bond donors (Lipinski definition) is 0. The second-order valence-electron chi connectivity index (χ2n) is 4.94. The third-order valence-electron chi connectivity index (χ3n) is 3.36. The summed E-state index contributed by atoms with van der Waals surface area (Å²) in [5, 5.41) is 0. The fourth-order valence-corrected chi connectivity index (χ4v) is 1.91. The molecular formula is C16H32O. The van der Waals surface area contributed by atoms with Crippen molar-refractivity contribution >= 4 is 0 Å². The van der Waals surface area contributed by atoms with Crippen molar-refractivity contribution in [2.24, 2.45) is 5.92 Å². The van der Waals surface area contributed by atoms with E-state index in [4.69, 9.17) is 4.74 Å². The van der Waals surface area contributed by atoms with Crippen LogP contribution in [-0.2, 0) is 4.74 Å². The standard InChI is InChI=1S/C16H32O/c1-5-9-11-15(7-3)13-17-14-16(8-4)12-10-6-2/h11,16H,5-10,12-14H2,1-4H3. The van der Waals surface area contributed by atoms with Crippen molar-refractivity contribution in [3.8, 4) is 0 Å². The van der Waals surface area contributed by atoms with E-state index in [1.165, 1.54) is 44.1 Å². The molecule has 0 bridgehead atoms. The van der Waals surface area contributed by atoms with E-state index in [1.807, 2.05) is 0 Å². The molecule has 0 aromatic rings. The first-order valence-corrected chi connectivity index (χ1v) is 7.53. The summed E-state index contributed by atoms with van der Waals surface area (Å²) in [6.45, 7) is 10.8. The van der Waals surface area contributed by atoms with E-state index in [-0.39, 0.29) is 0 Å². The summed E-state index contributed by atoms with van der Waals surface area (Å²) in [6.07, 6.45) is 11.1. The van der Waals surface area contributed by atoms with Gasteiger partial charge in [-0.2, -0.15) is 0 Å². The summed E-state index contributed by atoms with van der Waals surface area (Å²) >= 11 is 0. The van der Waals surface area contributed by atoms with Gasteiger partial charge in [0.2, 0.25) is 0 Å². The highest BCUT2D eigenvalue weighted by molar-refractivity contribution is 5.01. The van der Waals surface area contributed by atoms with E-state index in [2.05, 4.69) is 33.8 Å². The summed E-state index contributed by atoms with van der Waals surface area (Å²) < 4.78 is 5.87. The van der Waals surface area contributed by atoms with Crippen LogP contribution >= 0.6 is 0 Å². The second-order valence-corrected chi connectivity index (χ2v) is 4.94. The Morgan fingerprint density at radius 1 is 1.12 bits per heavy atom. The number of ether oxygens (including phenoxy) is 1. The maximum absolute atomic E-state index is 5.87. The third-order valence-corrected chi connectivity index (χ3v) is 3.36. The third kappa shape index (κ3) is 9.41. The molecule has 0 radical (unpaired) electrons. The van der Waals surface area contributed by atoms with Crippen LogP contribution in [0.2, 0.25) is 0 Å².